The second-order valence-corrected chi connectivity index (χ2v) is 6.16. The number of carboxylic acid groups (broad SMARTS) is 1. The van der Waals surface area contributed by atoms with Gasteiger partial charge in [-0.1, -0.05) is 12.1 Å². The molecule has 5 nitrogen and oxygen atoms in total. The van der Waals surface area contributed by atoms with Crippen molar-refractivity contribution in [3.8, 4) is 0 Å². The highest BCUT2D eigenvalue weighted by Gasteiger charge is 2.45. The number of fused-ring (bicyclic) bond motifs is 2. The van der Waals surface area contributed by atoms with E-state index in [1.54, 1.807) is 12.1 Å². The van der Waals surface area contributed by atoms with E-state index in [9.17, 15) is 14.7 Å². The van der Waals surface area contributed by atoms with Gasteiger partial charge in [0.05, 0.1) is 18.1 Å². The lowest BCUT2D eigenvalue weighted by Crippen LogP contribution is -2.43. The molecule has 2 bridgehead atoms. The van der Waals surface area contributed by atoms with Gasteiger partial charge >= 0.3 is 5.97 Å². The Hall–Kier alpha value is -1.88. The summed E-state index contributed by atoms with van der Waals surface area (Å²) in [7, 11) is 0. The molecule has 21 heavy (non-hydrogen) atoms. The van der Waals surface area contributed by atoms with Gasteiger partial charge in [0.2, 0.25) is 5.91 Å². The number of nitrogens with one attached hydrogen (secondary N) is 1. The first-order chi connectivity index (χ1) is 10.0. The third kappa shape index (κ3) is 2.93. The summed E-state index contributed by atoms with van der Waals surface area (Å²) in [6.45, 7) is 0. The third-order valence-electron chi connectivity index (χ3n) is 4.69. The number of aliphatic hydroxyl groups is 1. The Bertz CT molecular complexity index is 554. The quantitative estimate of drug-likeness (QED) is 0.777. The van der Waals surface area contributed by atoms with Crippen molar-refractivity contribution in [2.75, 3.05) is 0 Å². The molecule has 2 fully saturated rings. The molecule has 1 aromatic carbocycles. The molecule has 0 aliphatic heterocycles. The molecule has 1 aromatic rings. The summed E-state index contributed by atoms with van der Waals surface area (Å²) in [4.78, 5) is 22.8. The summed E-state index contributed by atoms with van der Waals surface area (Å²) >= 11 is 0. The first kappa shape index (κ1) is 14.1. The van der Waals surface area contributed by atoms with Gasteiger partial charge in [-0.25, -0.2) is 4.79 Å². The van der Waals surface area contributed by atoms with Crippen LogP contribution in [0.3, 0.4) is 0 Å². The smallest absolute Gasteiger partial charge is 0.335 e. The van der Waals surface area contributed by atoms with Crippen LogP contribution in [0.25, 0.3) is 0 Å². The van der Waals surface area contributed by atoms with Crippen molar-refractivity contribution < 1.29 is 19.8 Å². The van der Waals surface area contributed by atoms with Gasteiger partial charge in [-0.15, -0.1) is 0 Å². The number of carbonyl (C=O) groups excluding carboxylic acids is 1. The molecule has 1 amide bonds. The van der Waals surface area contributed by atoms with E-state index in [0.29, 0.717) is 5.92 Å². The highest BCUT2D eigenvalue weighted by Crippen LogP contribution is 2.44. The van der Waals surface area contributed by atoms with Gasteiger partial charge < -0.3 is 15.5 Å². The summed E-state index contributed by atoms with van der Waals surface area (Å²) in [5.41, 5.74) is 1.01. The zero-order chi connectivity index (χ0) is 15.0. The highest BCUT2D eigenvalue weighted by atomic mass is 16.4. The number of hydrogen-bond donors (Lipinski definition) is 3. The van der Waals surface area contributed by atoms with E-state index in [1.165, 1.54) is 12.1 Å². The molecule has 2 saturated carbocycles. The minimum Gasteiger partial charge on any atom is -0.478 e. The Labute approximate surface area is 123 Å². The number of benzene rings is 1. The predicted octanol–water partition coefficient (Wildman–Crippen LogP) is 1.20. The lowest BCUT2D eigenvalue weighted by molar-refractivity contribution is -0.121. The van der Waals surface area contributed by atoms with Crippen molar-refractivity contribution >= 4 is 11.9 Å². The highest BCUT2D eigenvalue weighted by molar-refractivity contribution is 5.87. The molecule has 0 spiro atoms. The van der Waals surface area contributed by atoms with Crippen molar-refractivity contribution in [1.29, 1.82) is 0 Å². The van der Waals surface area contributed by atoms with Crippen LogP contribution in [0, 0.1) is 11.8 Å². The van der Waals surface area contributed by atoms with E-state index < -0.39 is 5.97 Å². The molecule has 0 aromatic heterocycles. The Balaban J connectivity index is 1.56. The van der Waals surface area contributed by atoms with Gasteiger partial charge in [-0.3, -0.25) is 4.79 Å². The molecule has 0 radical (unpaired) electrons. The lowest BCUT2D eigenvalue weighted by atomic mass is 9.92. The van der Waals surface area contributed by atoms with Crippen molar-refractivity contribution in [1.82, 2.24) is 5.32 Å². The number of carbonyl (C=O) groups is 2. The number of amides is 1. The second kappa shape index (κ2) is 5.48. The van der Waals surface area contributed by atoms with Crippen LogP contribution in [0.1, 0.15) is 35.2 Å². The number of rotatable bonds is 4. The van der Waals surface area contributed by atoms with Crippen LogP contribution in [0.4, 0.5) is 0 Å². The van der Waals surface area contributed by atoms with Crippen molar-refractivity contribution in [2.24, 2.45) is 11.8 Å². The molecule has 0 heterocycles. The molecule has 0 unspecified atom stereocenters. The molecular weight excluding hydrogens is 270 g/mol. The van der Waals surface area contributed by atoms with Gasteiger partial charge in [-0.2, -0.15) is 0 Å². The number of aliphatic hydroxyl groups excluding tert-OH is 1. The monoisotopic (exact) mass is 289 g/mol. The standard InChI is InChI=1S/C16H19NO4/c18-14-7-10-5-12(14)13(6-10)17-15(19)8-9-1-3-11(4-2-9)16(20)21/h1-4,10,12-14,18H,5-8H2,(H,17,19)(H,20,21)/t10-,12+,13-,14+/m0/s1. The Kier molecular flexibility index (Phi) is 3.68. The zero-order valence-corrected chi connectivity index (χ0v) is 11.7. The predicted molar refractivity (Wildman–Crippen MR) is 75.9 cm³/mol. The average Bonchev–Trinajstić information content (AvgIpc) is 2.97. The van der Waals surface area contributed by atoms with E-state index in [4.69, 9.17) is 5.11 Å². The summed E-state index contributed by atoms with van der Waals surface area (Å²) in [6.07, 6.45) is 2.81. The Morgan fingerprint density at radius 1 is 1.14 bits per heavy atom. The minimum atomic E-state index is -0.970. The lowest BCUT2D eigenvalue weighted by Gasteiger charge is -2.26. The van der Waals surface area contributed by atoms with Crippen LogP contribution < -0.4 is 5.32 Å². The van der Waals surface area contributed by atoms with Crippen LogP contribution in [-0.2, 0) is 11.2 Å². The fraction of sp³-hybridized carbons (Fsp3) is 0.500. The van der Waals surface area contributed by atoms with Crippen LogP contribution in [-0.4, -0.2) is 34.2 Å². The number of carboxylic acids is 1. The minimum absolute atomic E-state index is 0.0668. The van der Waals surface area contributed by atoms with Crippen molar-refractivity contribution in [2.45, 2.75) is 37.8 Å². The molecule has 112 valence electrons. The third-order valence-corrected chi connectivity index (χ3v) is 4.69. The van der Waals surface area contributed by atoms with Crippen LogP contribution >= 0.6 is 0 Å². The van der Waals surface area contributed by atoms with Gasteiger partial charge in [0, 0.05) is 12.0 Å². The van der Waals surface area contributed by atoms with Crippen LogP contribution in [0.5, 0.6) is 0 Å². The molecule has 3 N–H and O–H groups in total. The van der Waals surface area contributed by atoms with Gasteiger partial charge in [0.1, 0.15) is 0 Å². The zero-order valence-electron chi connectivity index (χ0n) is 11.7. The largest absolute Gasteiger partial charge is 0.478 e. The second-order valence-electron chi connectivity index (χ2n) is 6.16. The summed E-state index contributed by atoms with van der Waals surface area (Å²) in [5, 5.41) is 21.7. The average molecular weight is 289 g/mol. The molecule has 5 heteroatoms. The maximum Gasteiger partial charge on any atom is 0.335 e. The fourth-order valence-electron chi connectivity index (χ4n) is 3.69. The molecule has 2 aliphatic rings. The van der Waals surface area contributed by atoms with E-state index in [0.717, 1.165) is 24.8 Å². The maximum absolute atomic E-state index is 12.1. The van der Waals surface area contributed by atoms with Crippen LogP contribution in [0.15, 0.2) is 24.3 Å². The fourth-order valence-corrected chi connectivity index (χ4v) is 3.69. The molecule has 0 saturated heterocycles. The van der Waals surface area contributed by atoms with E-state index in [-0.39, 0.29) is 36.0 Å². The SMILES string of the molecule is O=C(Cc1ccc(C(=O)O)cc1)N[C@H]1C[C@@H]2C[C@H]1[C@H](O)C2. The molecule has 2 aliphatic carbocycles. The van der Waals surface area contributed by atoms with E-state index in [2.05, 4.69) is 5.32 Å². The van der Waals surface area contributed by atoms with Gasteiger partial charge in [0.25, 0.3) is 0 Å². The summed E-state index contributed by atoms with van der Waals surface area (Å²) < 4.78 is 0. The Morgan fingerprint density at radius 3 is 2.43 bits per heavy atom. The first-order valence-corrected chi connectivity index (χ1v) is 7.32. The molecule has 3 rings (SSSR count). The van der Waals surface area contributed by atoms with Crippen molar-refractivity contribution in [3.63, 3.8) is 0 Å². The topological polar surface area (TPSA) is 86.6 Å². The normalized spacial score (nSPS) is 30.3. The van der Waals surface area contributed by atoms with Crippen molar-refractivity contribution in [3.05, 3.63) is 35.4 Å². The van der Waals surface area contributed by atoms with Crippen LogP contribution in [0.2, 0.25) is 0 Å². The molecular formula is C16H19NO4. The van der Waals surface area contributed by atoms with Gasteiger partial charge in [-0.05, 0) is 42.9 Å². The number of hydrogen-bond acceptors (Lipinski definition) is 3. The van der Waals surface area contributed by atoms with E-state index >= 15 is 0 Å². The number of aromatic carboxylic acids is 1. The summed E-state index contributed by atoms with van der Waals surface area (Å²) in [5.74, 6) is -0.289. The Morgan fingerprint density at radius 2 is 1.86 bits per heavy atom. The first-order valence-electron chi connectivity index (χ1n) is 7.32. The summed E-state index contributed by atoms with van der Waals surface area (Å²) in [6, 6.07) is 6.43. The van der Waals surface area contributed by atoms with E-state index in [1.807, 2.05) is 0 Å². The maximum atomic E-state index is 12.1. The molecule has 4 atom stereocenters. The van der Waals surface area contributed by atoms with Gasteiger partial charge in [0.15, 0.2) is 0 Å².